The molecule has 0 aromatic heterocycles. The molecule has 1 atom stereocenters. The molecule has 0 bridgehead atoms. The first-order valence-electron chi connectivity index (χ1n) is 7.50. The Hall–Kier alpha value is 0.736. The van der Waals surface area contributed by atoms with Crippen molar-refractivity contribution in [1.29, 1.82) is 0 Å². The molecule has 0 amide bonds. The summed E-state index contributed by atoms with van der Waals surface area (Å²) in [6, 6.07) is 0. The van der Waals surface area contributed by atoms with Gasteiger partial charge < -0.3 is 11.3 Å². The number of hydrogen-bond acceptors (Lipinski definition) is 4. The molecule has 0 aromatic rings. The molecule has 0 aliphatic rings. The van der Waals surface area contributed by atoms with Crippen LogP contribution in [-0.2, 0) is 14.3 Å². The van der Waals surface area contributed by atoms with Gasteiger partial charge in [0.15, 0.2) is 0 Å². The summed E-state index contributed by atoms with van der Waals surface area (Å²) in [7, 11) is 0. The van der Waals surface area contributed by atoms with Crippen LogP contribution in [-0.4, -0.2) is 23.1 Å². The summed E-state index contributed by atoms with van der Waals surface area (Å²) < 4.78 is 4.46. The quantitative estimate of drug-likeness (QED) is 0.261. The first-order chi connectivity index (χ1) is 9.07. The molecule has 0 aliphatic heterocycles. The van der Waals surface area contributed by atoms with E-state index in [1.807, 2.05) is 0 Å². The molecule has 4 nitrogen and oxygen atoms in total. The van der Waals surface area contributed by atoms with Crippen LogP contribution >= 0.6 is 0 Å². The molecule has 0 spiro atoms. The second kappa shape index (κ2) is 16.1. The van der Waals surface area contributed by atoms with Gasteiger partial charge in [-0.1, -0.05) is 58.3 Å². The minimum Gasteiger partial charge on any atom is -1.00 e. The molecule has 114 valence electrons. The van der Waals surface area contributed by atoms with E-state index in [2.05, 4.69) is 11.7 Å². The van der Waals surface area contributed by atoms with Crippen LogP contribution in [0.1, 0.15) is 79.5 Å². The molecule has 0 radical (unpaired) electrons. The summed E-state index contributed by atoms with van der Waals surface area (Å²) >= 11 is 0. The van der Waals surface area contributed by atoms with Crippen LogP contribution < -0.4 is 51.4 Å². The van der Waals surface area contributed by atoms with Crippen LogP contribution in [0.2, 0.25) is 0 Å². The van der Waals surface area contributed by atoms with Crippen molar-refractivity contribution in [2.24, 2.45) is 0 Å². The second-order valence-corrected chi connectivity index (χ2v) is 5.05. The number of aliphatic hydroxyl groups excluding tert-OH is 1. The Morgan fingerprint density at radius 3 is 1.90 bits per heavy atom. The van der Waals surface area contributed by atoms with E-state index in [-0.39, 0.29) is 59.2 Å². The number of ether oxygens (including phenoxy) is 1. The molecule has 1 N–H and O–H groups in total. The Kier molecular flexibility index (Phi) is 18.5. The Morgan fingerprint density at radius 1 is 1.00 bits per heavy atom. The summed E-state index contributed by atoms with van der Waals surface area (Å²) in [6.45, 7) is 3.50. The number of rotatable bonds is 11. The zero-order valence-electron chi connectivity index (χ0n) is 14.3. The molecule has 20 heavy (non-hydrogen) atoms. The molecular weight excluding hydrogens is 283 g/mol. The SMILES string of the molecule is CCCCCCCCCCCC(=O)OC(=O)C(C)O.[H-].[K+]. The van der Waals surface area contributed by atoms with Crippen molar-refractivity contribution >= 4 is 11.9 Å². The number of esters is 2. The van der Waals surface area contributed by atoms with Crippen molar-refractivity contribution in [3.8, 4) is 0 Å². The minimum atomic E-state index is -1.23. The van der Waals surface area contributed by atoms with Gasteiger partial charge in [0, 0.05) is 6.42 Å². The van der Waals surface area contributed by atoms with Gasteiger partial charge >= 0.3 is 63.3 Å². The van der Waals surface area contributed by atoms with Crippen molar-refractivity contribution in [1.82, 2.24) is 0 Å². The van der Waals surface area contributed by atoms with Gasteiger partial charge in [0.25, 0.3) is 0 Å². The number of carbonyl (C=O) groups is 2. The first kappa shape index (κ1) is 23.0. The van der Waals surface area contributed by atoms with Gasteiger partial charge in [0.2, 0.25) is 0 Å². The molecule has 5 heteroatoms. The Morgan fingerprint density at radius 2 is 1.45 bits per heavy atom. The molecular formula is C15H29KO4. The van der Waals surface area contributed by atoms with Crippen LogP contribution in [0.4, 0.5) is 0 Å². The van der Waals surface area contributed by atoms with E-state index in [4.69, 9.17) is 5.11 Å². The van der Waals surface area contributed by atoms with Crippen molar-refractivity contribution in [2.45, 2.75) is 84.2 Å². The number of unbranched alkanes of at least 4 members (excludes halogenated alkanes) is 8. The van der Waals surface area contributed by atoms with Crippen LogP contribution in [0.25, 0.3) is 0 Å². The Bertz CT molecular complexity index is 260. The maximum Gasteiger partial charge on any atom is 1.00 e. The molecule has 1 unspecified atom stereocenters. The van der Waals surface area contributed by atoms with E-state index >= 15 is 0 Å². The van der Waals surface area contributed by atoms with Gasteiger partial charge in [-0.2, -0.15) is 0 Å². The zero-order chi connectivity index (χ0) is 14.5. The van der Waals surface area contributed by atoms with Crippen LogP contribution in [0.5, 0.6) is 0 Å². The van der Waals surface area contributed by atoms with Crippen LogP contribution in [0, 0.1) is 0 Å². The van der Waals surface area contributed by atoms with Crippen LogP contribution in [0.15, 0.2) is 0 Å². The van der Waals surface area contributed by atoms with E-state index in [0.29, 0.717) is 0 Å². The second-order valence-electron chi connectivity index (χ2n) is 5.05. The largest absolute Gasteiger partial charge is 1.00 e. The fraction of sp³-hybridized carbons (Fsp3) is 0.867. The summed E-state index contributed by atoms with van der Waals surface area (Å²) in [5.74, 6) is -1.39. The van der Waals surface area contributed by atoms with E-state index in [1.54, 1.807) is 0 Å². The predicted octanol–water partition coefficient (Wildman–Crippen LogP) is 0.474. The molecule has 0 aromatic carbocycles. The third-order valence-corrected chi connectivity index (χ3v) is 3.04. The molecule has 0 rings (SSSR count). The van der Waals surface area contributed by atoms with Gasteiger partial charge in [-0.25, -0.2) is 4.79 Å². The average molecular weight is 312 g/mol. The van der Waals surface area contributed by atoms with Gasteiger partial charge in [0.05, 0.1) is 0 Å². The van der Waals surface area contributed by atoms with E-state index in [9.17, 15) is 9.59 Å². The smallest absolute Gasteiger partial charge is 1.00 e. The maximum absolute atomic E-state index is 11.2. The van der Waals surface area contributed by atoms with Gasteiger partial charge in [0.1, 0.15) is 6.10 Å². The van der Waals surface area contributed by atoms with Crippen molar-refractivity contribution < 1.29 is 72.2 Å². The van der Waals surface area contributed by atoms with Gasteiger partial charge in [-0.15, -0.1) is 0 Å². The topological polar surface area (TPSA) is 63.6 Å². The third kappa shape index (κ3) is 15.1. The molecule has 0 saturated carbocycles. The van der Waals surface area contributed by atoms with Gasteiger partial charge in [-0.3, -0.25) is 4.79 Å². The Balaban J connectivity index is -0.00000162. The van der Waals surface area contributed by atoms with Gasteiger partial charge in [-0.05, 0) is 13.3 Å². The Labute approximate surface area is 166 Å². The van der Waals surface area contributed by atoms with Crippen molar-refractivity contribution in [2.75, 3.05) is 0 Å². The summed E-state index contributed by atoms with van der Waals surface area (Å²) in [4.78, 5) is 22.1. The third-order valence-electron chi connectivity index (χ3n) is 3.04. The molecule has 0 saturated heterocycles. The van der Waals surface area contributed by atoms with E-state index < -0.39 is 18.0 Å². The predicted molar refractivity (Wildman–Crippen MR) is 75.7 cm³/mol. The standard InChI is InChI=1S/C15H28O4.K.H/c1-3-4-5-6-7-8-9-10-11-12-14(17)19-15(18)13(2)16;;/h13,16H,3-12H2,1-2H3;;/q;+1;-1. The first-order valence-corrected chi connectivity index (χ1v) is 7.50. The molecule has 0 fully saturated rings. The number of carbonyl (C=O) groups excluding carboxylic acids is 2. The molecule has 0 heterocycles. The van der Waals surface area contributed by atoms with E-state index in [1.165, 1.54) is 45.4 Å². The van der Waals surface area contributed by atoms with Crippen LogP contribution in [0.3, 0.4) is 0 Å². The minimum absolute atomic E-state index is 0. The summed E-state index contributed by atoms with van der Waals surface area (Å²) in [5, 5.41) is 8.87. The summed E-state index contributed by atoms with van der Waals surface area (Å²) in [5.41, 5.74) is 0. The molecule has 0 aliphatic carbocycles. The number of hydrogen-bond donors (Lipinski definition) is 1. The van der Waals surface area contributed by atoms with Crippen molar-refractivity contribution in [3.63, 3.8) is 0 Å². The fourth-order valence-corrected chi connectivity index (χ4v) is 1.83. The monoisotopic (exact) mass is 312 g/mol. The van der Waals surface area contributed by atoms with E-state index in [0.717, 1.165) is 19.3 Å². The zero-order valence-corrected chi connectivity index (χ0v) is 16.4. The van der Waals surface area contributed by atoms with Crippen molar-refractivity contribution in [3.05, 3.63) is 0 Å². The number of aliphatic hydroxyl groups is 1. The maximum atomic E-state index is 11.2. The fourth-order valence-electron chi connectivity index (χ4n) is 1.83. The normalized spacial score (nSPS) is 11.6. The summed E-state index contributed by atoms with van der Waals surface area (Å²) in [6.07, 6.45) is 9.60. The average Bonchev–Trinajstić information content (AvgIpc) is 2.36.